The quantitative estimate of drug-likeness (QED) is 0.796. The van der Waals surface area contributed by atoms with Crippen LogP contribution in [0.2, 0.25) is 0 Å². The summed E-state index contributed by atoms with van der Waals surface area (Å²) < 4.78 is 11.2. The van der Waals surface area contributed by atoms with E-state index < -0.39 is 0 Å². The SMILES string of the molecule is CCOCCOc1ccccc1N1CCCNCC1. The van der Waals surface area contributed by atoms with Crippen LogP contribution < -0.4 is 15.0 Å². The molecular weight excluding hydrogens is 240 g/mol. The van der Waals surface area contributed by atoms with E-state index in [4.69, 9.17) is 9.47 Å². The van der Waals surface area contributed by atoms with E-state index in [0.29, 0.717) is 13.2 Å². The van der Waals surface area contributed by atoms with Gasteiger partial charge in [0.25, 0.3) is 0 Å². The first-order chi connectivity index (χ1) is 9.42. The topological polar surface area (TPSA) is 33.7 Å². The van der Waals surface area contributed by atoms with Crippen LogP contribution in [-0.4, -0.2) is 46.0 Å². The number of benzene rings is 1. The van der Waals surface area contributed by atoms with Gasteiger partial charge in [-0.15, -0.1) is 0 Å². The Balaban J connectivity index is 1.98. The average Bonchev–Trinajstić information content (AvgIpc) is 2.73. The Hall–Kier alpha value is -1.26. The number of anilines is 1. The Morgan fingerprint density at radius 3 is 2.95 bits per heavy atom. The average molecular weight is 264 g/mol. The van der Waals surface area contributed by atoms with Crippen molar-refractivity contribution in [1.82, 2.24) is 5.32 Å². The first-order valence-electron chi connectivity index (χ1n) is 7.17. The maximum Gasteiger partial charge on any atom is 0.142 e. The molecule has 1 heterocycles. The molecule has 0 unspecified atom stereocenters. The Kier molecular flexibility index (Phi) is 5.98. The summed E-state index contributed by atoms with van der Waals surface area (Å²) >= 11 is 0. The number of ether oxygens (including phenoxy) is 2. The van der Waals surface area contributed by atoms with E-state index in [1.54, 1.807) is 0 Å². The first-order valence-corrected chi connectivity index (χ1v) is 7.17. The molecule has 1 aromatic carbocycles. The zero-order valence-electron chi connectivity index (χ0n) is 11.7. The van der Waals surface area contributed by atoms with Crippen LogP contribution in [0.1, 0.15) is 13.3 Å². The molecule has 0 aromatic heterocycles. The van der Waals surface area contributed by atoms with E-state index in [0.717, 1.165) is 38.5 Å². The zero-order valence-corrected chi connectivity index (χ0v) is 11.7. The number of para-hydroxylation sites is 2. The van der Waals surface area contributed by atoms with Crippen molar-refractivity contribution in [2.45, 2.75) is 13.3 Å². The highest BCUT2D eigenvalue weighted by atomic mass is 16.5. The lowest BCUT2D eigenvalue weighted by Gasteiger charge is -2.24. The summed E-state index contributed by atoms with van der Waals surface area (Å²) in [6, 6.07) is 8.28. The lowest BCUT2D eigenvalue weighted by atomic mass is 10.2. The molecule has 0 aliphatic carbocycles. The van der Waals surface area contributed by atoms with E-state index >= 15 is 0 Å². The summed E-state index contributed by atoms with van der Waals surface area (Å²) in [6.45, 7) is 8.24. The van der Waals surface area contributed by atoms with Gasteiger partial charge in [0.1, 0.15) is 12.4 Å². The van der Waals surface area contributed by atoms with E-state index in [1.807, 2.05) is 19.1 Å². The third-order valence-corrected chi connectivity index (χ3v) is 3.24. The fraction of sp³-hybridized carbons (Fsp3) is 0.600. The molecule has 1 aromatic rings. The van der Waals surface area contributed by atoms with Crippen molar-refractivity contribution in [2.75, 3.05) is 50.9 Å². The van der Waals surface area contributed by atoms with E-state index in [-0.39, 0.29) is 0 Å². The van der Waals surface area contributed by atoms with E-state index in [1.165, 1.54) is 12.1 Å². The van der Waals surface area contributed by atoms with Crippen molar-refractivity contribution in [3.8, 4) is 5.75 Å². The van der Waals surface area contributed by atoms with Crippen molar-refractivity contribution < 1.29 is 9.47 Å². The Labute approximate surface area is 115 Å². The molecule has 0 atom stereocenters. The van der Waals surface area contributed by atoms with Crippen molar-refractivity contribution in [2.24, 2.45) is 0 Å². The minimum absolute atomic E-state index is 0.608. The van der Waals surface area contributed by atoms with Crippen LogP contribution in [-0.2, 0) is 4.74 Å². The highest BCUT2D eigenvalue weighted by Crippen LogP contribution is 2.28. The third-order valence-electron chi connectivity index (χ3n) is 3.24. The van der Waals surface area contributed by atoms with Gasteiger partial charge in [-0.25, -0.2) is 0 Å². The normalized spacial score (nSPS) is 16.2. The molecule has 1 fully saturated rings. The molecule has 0 spiro atoms. The summed E-state index contributed by atoms with van der Waals surface area (Å²) in [5.41, 5.74) is 1.20. The molecule has 0 bridgehead atoms. The number of rotatable bonds is 6. The largest absolute Gasteiger partial charge is 0.489 e. The van der Waals surface area contributed by atoms with Gasteiger partial charge in [0.15, 0.2) is 0 Å². The van der Waals surface area contributed by atoms with E-state index in [9.17, 15) is 0 Å². The minimum atomic E-state index is 0.608. The molecule has 19 heavy (non-hydrogen) atoms. The molecule has 106 valence electrons. The fourth-order valence-electron chi connectivity index (χ4n) is 2.28. The second kappa shape index (κ2) is 8.02. The summed E-state index contributed by atoms with van der Waals surface area (Å²) in [7, 11) is 0. The van der Waals surface area contributed by atoms with Gasteiger partial charge < -0.3 is 19.7 Å². The number of hydrogen-bond donors (Lipinski definition) is 1. The van der Waals surface area contributed by atoms with Crippen LogP contribution in [0.3, 0.4) is 0 Å². The number of hydrogen-bond acceptors (Lipinski definition) is 4. The summed E-state index contributed by atoms with van der Waals surface area (Å²) in [5, 5.41) is 3.42. The smallest absolute Gasteiger partial charge is 0.142 e. The first kappa shape index (κ1) is 14.2. The van der Waals surface area contributed by atoms with Crippen LogP contribution in [0, 0.1) is 0 Å². The molecule has 1 aliphatic heterocycles. The summed E-state index contributed by atoms with van der Waals surface area (Å²) in [5.74, 6) is 0.962. The predicted molar refractivity (Wildman–Crippen MR) is 78.1 cm³/mol. The molecule has 0 radical (unpaired) electrons. The molecule has 4 nitrogen and oxygen atoms in total. The molecule has 1 saturated heterocycles. The maximum absolute atomic E-state index is 5.85. The van der Waals surface area contributed by atoms with Crippen LogP contribution in [0.25, 0.3) is 0 Å². The van der Waals surface area contributed by atoms with Gasteiger partial charge in [-0.1, -0.05) is 12.1 Å². The Morgan fingerprint density at radius 2 is 2.05 bits per heavy atom. The number of nitrogens with zero attached hydrogens (tertiary/aromatic N) is 1. The molecule has 1 N–H and O–H groups in total. The Bertz CT molecular complexity index is 363. The molecular formula is C15H24N2O2. The zero-order chi connectivity index (χ0) is 13.3. The van der Waals surface area contributed by atoms with Crippen LogP contribution in [0.5, 0.6) is 5.75 Å². The minimum Gasteiger partial charge on any atom is -0.489 e. The van der Waals surface area contributed by atoms with E-state index in [2.05, 4.69) is 22.3 Å². The monoisotopic (exact) mass is 264 g/mol. The van der Waals surface area contributed by atoms with Crippen LogP contribution in [0.4, 0.5) is 5.69 Å². The third kappa shape index (κ3) is 4.40. The van der Waals surface area contributed by atoms with Gasteiger partial charge in [0.05, 0.1) is 12.3 Å². The van der Waals surface area contributed by atoms with Crippen molar-refractivity contribution in [1.29, 1.82) is 0 Å². The molecule has 1 aliphatic rings. The van der Waals surface area contributed by atoms with Crippen molar-refractivity contribution >= 4 is 5.69 Å². The summed E-state index contributed by atoms with van der Waals surface area (Å²) in [6.07, 6.45) is 1.17. The highest BCUT2D eigenvalue weighted by molar-refractivity contribution is 5.58. The van der Waals surface area contributed by atoms with Crippen molar-refractivity contribution in [3.05, 3.63) is 24.3 Å². The van der Waals surface area contributed by atoms with Crippen LogP contribution in [0.15, 0.2) is 24.3 Å². The molecule has 0 amide bonds. The van der Waals surface area contributed by atoms with Crippen LogP contribution >= 0.6 is 0 Å². The van der Waals surface area contributed by atoms with Gasteiger partial charge in [0, 0.05) is 26.2 Å². The second-order valence-corrected chi connectivity index (χ2v) is 4.60. The standard InChI is InChI=1S/C15H24N2O2/c1-2-18-12-13-19-15-7-4-3-6-14(15)17-10-5-8-16-9-11-17/h3-4,6-7,16H,2,5,8-13H2,1H3. The second-order valence-electron chi connectivity index (χ2n) is 4.60. The molecule has 0 saturated carbocycles. The lowest BCUT2D eigenvalue weighted by Crippen LogP contribution is -2.28. The fourth-order valence-corrected chi connectivity index (χ4v) is 2.28. The van der Waals surface area contributed by atoms with Gasteiger partial charge >= 0.3 is 0 Å². The lowest BCUT2D eigenvalue weighted by molar-refractivity contribution is 0.110. The van der Waals surface area contributed by atoms with Gasteiger partial charge in [0.2, 0.25) is 0 Å². The Morgan fingerprint density at radius 1 is 1.16 bits per heavy atom. The highest BCUT2D eigenvalue weighted by Gasteiger charge is 2.13. The molecule has 4 heteroatoms. The van der Waals surface area contributed by atoms with Gasteiger partial charge in [-0.05, 0) is 32.0 Å². The van der Waals surface area contributed by atoms with Crippen molar-refractivity contribution in [3.63, 3.8) is 0 Å². The maximum atomic E-state index is 5.85. The predicted octanol–water partition coefficient (Wildman–Crippen LogP) is 1.90. The van der Waals surface area contributed by atoms with Gasteiger partial charge in [-0.2, -0.15) is 0 Å². The number of nitrogens with one attached hydrogen (secondary N) is 1. The van der Waals surface area contributed by atoms with Gasteiger partial charge in [-0.3, -0.25) is 0 Å². The molecule has 2 rings (SSSR count). The summed E-state index contributed by atoms with van der Waals surface area (Å²) in [4.78, 5) is 2.40.